The minimum absolute atomic E-state index is 0.214. The summed E-state index contributed by atoms with van der Waals surface area (Å²) in [5, 5.41) is 16.1. The van der Waals surface area contributed by atoms with Crippen LogP contribution in [0.25, 0.3) is 11.2 Å². The molecule has 13 heavy (non-hydrogen) atoms. The Morgan fingerprint density at radius 3 is 3.08 bits per heavy atom. The molecule has 0 spiro atoms. The first kappa shape index (κ1) is 7.87. The van der Waals surface area contributed by atoms with Crippen molar-refractivity contribution in [2.45, 2.75) is 6.73 Å². The molecular formula is C6H7N5O2. The molecule has 0 aliphatic rings. The van der Waals surface area contributed by atoms with E-state index < -0.39 is 0 Å². The van der Waals surface area contributed by atoms with Crippen LogP contribution in [0.1, 0.15) is 0 Å². The highest BCUT2D eigenvalue weighted by Crippen LogP contribution is 2.01. The van der Waals surface area contributed by atoms with Gasteiger partial charge in [-0.05, 0) is 0 Å². The molecule has 0 fully saturated rings. The summed E-state index contributed by atoms with van der Waals surface area (Å²) in [6, 6.07) is 0. The van der Waals surface area contributed by atoms with Crippen LogP contribution in [-0.2, 0) is 13.8 Å². The number of fused-ring (bicyclic) bond motifs is 1. The molecule has 2 aromatic rings. The molecule has 0 aliphatic carbocycles. The van der Waals surface area contributed by atoms with Crippen molar-refractivity contribution in [2.75, 3.05) is 0 Å². The number of aryl methyl sites for hydroxylation is 1. The molecule has 0 unspecified atom stereocenters. The predicted octanol–water partition coefficient (Wildman–Crippen LogP) is -1.53. The third-order valence-electron chi connectivity index (χ3n) is 1.73. The van der Waals surface area contributed by atoms with Gasteiger partial charge in [-0.15, -0.1) is 5.10 Å². The van der Waals surface area contributed by atoms with E-state index in [9.17, 15) is 4.79 Å². The second-order valence-corrected chi connectivity index (χ2v) is 2.55. The lowest BCUT2D eigenvalue weighted by molar-refractivity contribution is 0.214. The Hall–Kier alpha value is -1.76. The number of nitrogens with zero attached hydrogens (tertiary/aromatic N) is 5. The van der Waals surface area contributed by atoms with Crippen LogP contribution in [0.4, 0.5) is 0 Å². The third-order valence-corrected chi connectivity index (χ3v) is 1.73. The predicted molar refractivity (Wildman–Crippen MR) is 42.8 cm³/mol. The summed E-state index contributed by atoms with van der Waals surface area (Å²) in [7, 11) is 1.49. The largest absolute Gasteiger partial charge is 0.376 e. The number of rotatable bonds is 1. The van der Waals surface area contributed by atoms with E-state index >= 15 is 0 Å². The van der Waals surface area contributed by atoms with Crippen LogP contribution in [0.2, 0.25) is 0 Å². The number of aromatic nitrogens is 5. The summed E-state index contributed by atoms with van der Waals surface area (Å²) >= 11 is 0. The lowest BCUT2D eigenvalue weighted by atomic mass is 10.5. The molecule has 0 aliphatic heterocycles. The fourth-order valence-corrected chi connectivity index (χ4v) is 1.04. The van der Waals surface area contributed by atoms with Gasteiger partial charge >= 0.3 is 0 Å². The molecule has 2 aromatic heterocycles. The average Bonchev–Trinajstić information content (AvgIpc) is 2.55. The van der Waals surface area contributed by atoms with E-state index in [1.165, 1.54) is 17.9 Å². The van der Waals surface area contributed by atoms with E-state index in [0.717, 1.165) is 4.68 Å². The van der Waals surface area contributed by atoms with Gasteiger partial charge in [0.2, 0.25) is 0 Å². The van der Waals surface area contributed by atoms with Crippen molar-refractivity contribution >= 4 is 11.2 Å². The van der Waals surface area contributed by atoms with Gasteiger partial charge in [0.25, 0.3) is 5.56 Å². The Kier molecular flexibility index (Phi) is 1.59. The molecule has 7 heteroatoms. The van der Waals surface area contributed by atoms with Crippen molar-refractivity contribution in [3.05, 3.63) is 16.7 Å². The SMILES string of the molecule is Cn1nnc2c(ncn2CO)c1=O. The lowest BCUT2D eigenvalue weighted by Gasteiger charge is -1.96. The summed E-state index contributed by atoms with van der Waals surface area (Å²) in [6.07, 6.45) is 1.35. The molecular weight excluding hydrogens is 174 g/mol. The maximum absolute atomic E-state index is 11.4. The van der Waals surface area contributed by atoms with Crippen molar-refractivity contribution in [2.24, 2.45) is 7.05 Å². The highest BCUT2D eigenvalue weighted by Gasteiger charge is 2.08. The molecule has 7 nitrogen and oxygen atoms in total. The van der Waals surface area contributed by atoms with Gasteiger partial charge in [0, 0.05) is 7.05 Å². The Bertz CT molecular complexity index is 499. The smallest absolute Gasteiger partial charge is 0.297 e. The van der Waals surface area contributed by atoms with Gasteiger partial charge in [0.05, 0.1) is 6.33 Å². The zero-order valence-corrected chi connectivity index (χ0v) is 6.88. The fraction of sp³-hybridized carbons (Fsp3) is 0.333. The van der Waals surface area contributed by atoms with E-state index in [1.54, 1.807) is 0 Å². The standard InChI is InChI=1S/C6H7N5O2/c1-10-6(13)4-5(8-9-10)11(3-12)2-7-4/h2,12H,3H2,1H3. The lowest BCUT2D eigenvalue weighted by Crippen LogP contribution is -2.21. The molecule has 2 rings (SSSR count). The maximum atomic E-state index is 11.4. The van der Waals surface area contributed by atoms with Gasteiger partial charge < -0.3 is 5.11 Å². The summed E-state index contributed by atoms with van der Waals surface area (Å²) in [5.41, 5.74) is 0.189. The van der Waals surface area contributed by atoms with E-state index in [4.69, 9.17) is 5.11 Å². The summed E-state index contributed by atoms with van der Waals surface area (Å²) < 4.78 is 2.43. The van der Waals surface area contributed by atoms with Gasteiger partial charge in [-0.25, -0.2) is 9.67 Å². The first-order valence-electron chi connectivity index (χ1n) is 3.59. The number of aliphatic hydroxyl groups is 1. The minimum Gasteiger partial charge on any atom is -0.376 e. The first-order chi connectivity index (χ1) is 6.24. The first-order valence-corrected chi connectivity index (χ1v) is 3.59. The number of hydrogen-bond acceptors (Lipinski definition) is 5. The van der Waals surface area contributed by atoms with Crippen molar-refractivity contribution < 1.29 is 5.11 Å². The summed E-state index contributed by atoms with van der Waals surface area (Å²) in [4.78, 5) is 15.2. The normalized spacial score (nSPS) is 10.9. The van der Waals surface area contributed by atoms with Gasteiger partial charge in [0.15, 0.2) is 11.2 Å². The topological polar surface area (TPSA) is 85.8 Å². The van der Waals surface area contributed by atoms with Crippen molar-refractivity contribution in [3.8, 4) is 0 Å². The van der Waals surface area contributed by atoms with Crippen LogP contribution in [0.15, 0.2) is 11.1 Å². The second kappa shape index (κ2) is 2.63. The molecule has 0 bridgehead atoms. The van der Waals surface area contributed by atoms with Crippen LogP contribution in [0.3, 0.4) is 0 Å². The van der Waals surface area contributed by atoms with E-state index in [0.29, 0.717) is 5.65 Å². The van der Waals surface area contributed by atoms with Crippen molar-refractivity contribution in [3.63, 3.8) is 0 Å². The van der Waals surface area contributed by atoms with Gasteiger partial charge in [-0.1, -0.05) is 5.21 Å². The number of hydrogen-bond donors (Lipinski definition) is 1. The Morgan fingerprint density at radius 2 is 2.38 bits per heavy atom. The molecule has 1 N–H and O–H groups in total. The maximum Gasteiger partial charge on any atom is 0.297 e. The van der Waals surface area contributed by atoms with Crippen molar-refractivity contribution in [1.82, 2.24) is 24.5 Å². The van der Waals surface area contributed by atoms with Crippen LogP contribution in [-0.4, -0.2) is 29.7 Å². The van der Waals surface area contributed by atoms with Crippen LogP contribution in [0.5, 0.6) is 0 Å². The molecule has 0 saturated carbocycles. The summed E-state index contributed by atoms with van der Waals surface area (Å²) in [6.45, 7) is -0.266. The highest BCUT2D eigenvalue weighted by atomic mass is 16.3. The fourth-order valence-electron chi connectivity index (χ4n) is 1.04. The molecule has 0 aromatic carbocycles. The zero-order chi connectivity index (χ0) is 9.42. The molecule has 0 atom stereocenters. The second-order valence-electron chi connectivity index (χ2n) is 2.55. The number of imidazole rings is 1. The zero-order valence-electron chi connectivity index (χ0n) is 6.88. The monoisotopic (exact) mass is 181 g/mol. The van der Waals surface area contributed by atoms with Crippen LogP contribution >= 0.6 is 0 Å². The van der Waals surface area contributed by atoms with E-state index in [-0.39, 0.29) is 17.8 Å². The Morgan fingerprint density at radius 1 is 1.62 bits per heavy atom. The highest BCUT2D eigenvalue weighted by molar-refractivity contribution is 5.68. The summed E-state index contributed by atoms with van der Waals surface area (Å²) in [5.74, 6) is 0. The molecule has 2 heterocycles. The van der Waals surface area contributed by atoms with Crippen molar-refractivity contribution in [1.29, 1.82) is 0 Å². The van der Waals surface area contributed by atoms with E-state index in [2.05, 4.69) is 15.3 Å². The van der Waals surface area contributed by atoms with Crippen LogP contribution in [0, 0.1) is 0 Å². The molecule has 0 saturated heterocycles. The molecule has 0 radical (unpaired) electrons. The van der Waals surface area contributed by atoms with E-state index in [1.807, 2.05) is 0 Å². The average molecular weight is 181 g/mol. The number of aliphatic hydroxyl groups excluding tert-OH is 1. The van der Waals surface area contributed by atoms with Gasteiger partial charge in [-0.3, -0.25) is 9.36 Å². The Labute approximate surface area is 72.2 Å². The quantitative estimate of drug-likeness (QED) is 0.577. The van der Waals surface area contributed by atoms with Crippen LogP contribution < -0.4 is 5.56 Å². The third kappa shape index (κ3) is 1.01. The minimum atomic E-state index is -0.322. The molecule has 68 valence electrons. The molecule has 0 amide bonds. The Balaban J connectivity index is 2.89. The van der Waals surface area contributed by atoms with Gasteiger partial charge in [0.1, 0.15) is 6.73 Å². The van der Waals surface area contributed by atoms with Gasteiger partial charge in [-0.2, -0.15) is 0 Å².